The molecule has 2 heterocycles. The topological polar surface area (TPSA) is 88.2 Å². The predicted octanol–water partition coefficient (Wildman–Crippen LogP) is 1.47. The highest BCUT2D eigenvalue weighted by Crippen LogP contribution is 2.30. The van der Waals surface area contributed by atoms with E-state index in [1.54, 1.807) is 12.1 Å². The molecular weight excluding hydrogens is 418 g/mol. The zero-order valence-electron chi connectivity index (χ0n) is 17.3. The molecule has 2 aromatic rings. The monoisotopic (exact) mass is 445 g/mol. The van der Waals surface area contributed by atoms with E-state index < -0.39 is 10.0 Å². The van der Waals surface area contributed by atoms with Crippen molar-refractivity contribution in [3.8, 4) is 0 Å². The van der Waals surface area contributed by atoms with Crippen molar-refractivity contribution in [3.63, 3.8) is 0 Å². The Morgan fingerprint density at radius 3 is 2.23 bits per heavy atom. The number of anilines is 1. The van der Waals surface area contributed by atoms with Crippen LogP contribution >= 0.6 is 0 Å². The van der Waals surface area contributed by atoms with Crippen LogP contribution in [-0.4, -0.2) is 71.2 Å². The van der Waals surface area contributed by atoms with Gasteiger partial charge in [-0.25, -0.2) is 8.42 Å². The van der Waals surface area contributed by atoms with Gasteiger partial charge in [0.05, 0.1) is 32.1 Å². The van der Waals surface area contributed by atoms with E-state index in [0.29, 0.717) is 70.4 Å². The van der Waals surface area contributed by atoms with Gasteiger partial charge in [-0.2, -0.15) is 4.31 Å². The van der Waals surface area contributed by atoms with Gasteiger partial charge in [0.1, 0.15) is 4.90 Å². The number of carbonyl (C=O) groups excluding carboxylic acids is 1. The van der Waals surface area contributed by atoms with Crippen molar-refractivity contribution in [2.24, 2.45) is 0 Å². The Hall–Kier alpha value is -2.46. The fourth-order valence-electron chi connectivity index (χ4n) is 3.73. The second-order valence-electron chi connectivity index (χ2n) is 7.47. The quantitative estimate of drug-likeness (QED) is 0.725. The minimum atomic E-state index is -3.77. The van der Waals surface area contributed by atoms with E-state index in [2.05, 4.69) is 5.32 Å². The fourth-order valence-corrected chi connectivity index (χ4v) is 5.38. The molecule has 31 heavy (non-hydrogen) atoms. The third-order valence-corrected chi connectivity index (χ3v) is 7.39. The summed E-state index contributed by atoms with van der Waals surface area (Å²) >= 11 is 0. The van der Waals surface area contributed by atoms with Gasteiger partial charge in [-0.1, -0.05) is 30.3 Å². The van der Waals surface area contributed by atoms with Crippen molar-refractivity contribution in [1.82, 2.24) is 9.62 Å². The number of hydrogen-bond acceptors (Lipinski definition) is 6. The molecule has 0 aromatic heterocycles. The predicted molar refractivity (Wildman–Crippen MR) is 117 cm³/mol. The summed E-state index contributed by atoms with van der Waals surface area (Å²) in [6.07, 6.45) is 0. The molecule has 2 aliphatic heterocycles. The molecule has 166 valence electrons. The standard InChI is InChI=1S/C22H27N3O5S/c26-22(23-17-18-4-2-1-3-5-18)19-6-7-20(24-8-12-29-13-9-24)21(16-19)31(27,28)25-10-14-30-15-11-25/h1-7,16H,8-15,17H2,(H,23,26). The first-order valence-electron chi connectivity index (χ1n) is 10.4. The summed E-state index contributed by atoms with van der Waals surface area (Å²) in [5, 5.41) is 2.87. The van der Waals surface area contributed by atoms with Crippen LogP contribution < -0.4 is 10.2 Å². The summed E-state index contributed by atoms with van der Waals surface area (Å²) in [5.74, 6) is -0.309. The highest BCUT2D eigenvalue weighted by Gasteiger charge is 2.31. The van der Waals surface area contributed by atoms with E-state index in [4.69, 9.17) is 9.47 Å². The van der Waals surface area contributed by atoms with E-state index in [-0.39, 0.29) is 10.8 Å². The van der Waals surface area contributed by atoms with Crippen molar-refractivity contribution in [2.45, 2.75) is 11.4 Å². The molecule has 0 aliphatic carbocycles. The molecule has 0 saturated carbocycles. The number of morpholine rings is 2. The van der Waals surface area contributed by atoms with E-state index in [0.717, 1.165) is 5.56 Å². The molecule has 2 saturated heterocycles. The molecule has 8 nitrogen and oxygen atoms in total. The number of ether oxygens (including phenoxy) is 2. The minimum Gasteiger partial charge on any atom is -0.379 e. The normalized spacial score (nSPS) is 18.0. The van der Waals surface area contributed by atoms with Crippen LogP contribution in [0.4, 0.5) is 5.69 Å². The molecule has 2 aromatic carbocycles. The van der Waals surface area contributed by atoms with Gasteiger partial charge < -0.3 is 19.7 Å². The third kappa shape index (κ3) is 5.07. The molecule has 4 rings (SSSR count). The molecule has 0 unspecified atom stereocenters. The van der Waals surface area contributed by atoms with Crippen molar-refractivity contribution >= 4 is 21.6 Å². The zero-order chi connectivity index (χ0) is 21.7. The maximum atomic E-state index is 13.5. The number of nitrogens with one attached hydrogen (secondary N) is 1. The Balaban J connectivity index is 1.63. The zero-order valence-corrected chi connectivity index (χ0v) is 18.1. The lowest BCUT2D eigenvalue weighted by Crippen LogP contribution is -2.42. The number of nitrogens with zero attached hydrogens (tertiary/aromatic N) is 2. The van der Waals surface area contributed by atoms with Crippen LogP contribution in [0, 0.1) is 0 Å². The number of sulfonamides is 1. The maximum Gasteiger partial charge on any atom is 0.251 e. The van der Waals surface area contributed by atoms with E-state index in [1.807, 2.05) is 35.2 Å². The van der Waals surface area contributed by atoms with Crippen LogP contribution in [0.5, 0.6) is 0 Å². The van der Waals surface area contributed by atoms with Crippen LogP contribution in [0.1, 0.15) is 15.9 Å². The van der Waals surface area contributed by atoms with Crippen molar-refractivity contribution in [1.29, 1.82) is 0 Å². The molecular formula is C22H27N3O5S. The summed E-state index contributed by atoms with van der Waals surface area (Å²) in [4.78, 5) is 14.9. The number of benzene rings is 2. The summed E-state index contributed by atoms with van der Waals surface area (Å²) in [5.41, 5.74) is 1.90. The average Bonchev–Trinajstić information content (AvgIpc) is 2.84. The van der Waals surface area contributed by atoms with Gasteiger partial charge in [-0.15, -0.1) is 0 Å². The lowest BCUT2D eigenvalue weighted by molar-refractivity contribution is 0.0730. The smallest absolute Gasteiger partial charge is 0.251 e. The van der Waals surface area contributed by atoms with Gasteiger partial charge in [0.2, 0.25) is 10.0 Å². The van der Waals surface area contributed by atoms with Gasteiger partial charge in [-0.3, -0.25) is 4.79 Å². The molecule has 1 amide bonds. The summed E-state index contributed by atoms with van der Waals surface area (Å²) in [6.45, 7) is 3.98. The van der Waals surface area contributed by atoms with Crippen LogP contribution in [0.25, 0.3) is 0 Å². The summed E-state index contributed by atoms with van der Waals surface area (Å²) < 4.78 is 39.1. The summed E-state index contributed by atoms with van der Waals surface area (Å²) in [7, 11) is -3.77. The lowest BCUT2D eigenvalue weighted by atomic mass is 10.1. The summed E-state index contributed by atoms with van der Waals surface area (Å²) in [6, 6.07) is 14.5. The molecule has 0 bridgehead atoms. The second-order valence-corrected chi connectivity index (χ2v) is 9.37. The molecule has 0 atom stereocenters. The van der Waals surface area contributed by atoms with Crippen LogP contribution in [-0.2, 0) is 26.0 Å². The number of carbonyl (C=O) groups is 1. The average molecular weight is 446 g/mol. The highest BCUT2D eigenvalue weighted by atomic mass is 32.2. The number of rotatable bonds is 6. The fraction of sp³-hybridized carbons (Fsp3) is 0.409. The molecule has 9 heteroatoms. The molecule has 1 N–H and O–H groups in total. The third-order valence-electron chi connectivity index (χ3n) is 5.46. The van der Waals surface area contributed by atoms with Crippen molar-refractivity contribution in [2.75, 3.05) is 57.5 Å². The number of hydrogen-bond donors (Lipinski definition) is 1. The molecule has 2 aliphatic rings. The SMILES string of the molecule is O=C(NCc1ccccc1)c1ccc(N2CCOCC2)c(S(=O)(=O)N2CCOCC2)c1. The van der Waals surface area contributed by atoms with Gasteiger partial charge >= 0.3 is 0 Å². The van der Waals surface area contributed by atoms with Gasteiger partial charge in [0, 0.05) is 38.3 Å². The lowest BCUT2D eigenvalue weighted by Gasteiger charge is -2.32. The van der Waals surface area contributed by atoms with Crippen LogP contribution in [0.15, 0.2) is 53.4 Å². The first kappa shape index (κ1) is 21.8. The van der Waals surface area contributed by atoms with Gasteiger partial charge in [0.25, 0.3) is 5.91 Å². The Kier molecular flexibility index (Phi) is 6.86. The van der Waals surface area contributed by atoms with E-state index in [9.17, 15) is 13.2 Å². The maximum absolute atomic E-state index is 13.5. The van der Waals surface area contributed by atoms with Gasteiger partial charge in [-0.05, 0) is 23.8 Å². The van der Waals surface area contributed by atoms with E-state index >= 15 is 0 Å². The Morgan fingerprint density at radius 2 is 1.55 bits per heavy atom. The second kappa shape index (κ2) is 9.78. The number of amides is 1. The highest BCUT2D eigenvalue weighted by molar-refractivity contribution is 7.89. The molecule has 0 spiro atoms. The van der Waals surface area contributed by atoms with Crippen LogP contribution in [0.2, 0.25) is 0 Å². The van der Waals surface area contributed by atoms with E-state index in [1.165, 1.54) is 10.4 Å². The molecule has 0 radical (unpaired) electrons. The first-order chi connectivity index (χ1) is 15.1. The Bertz CT molecular complexity index is 1000. The Labute approximate surface area is 182 Å². The Morgan fingerprint density at radius 1 is 0.903 bits per heavy atom. The van der Waals surface area contributed by atoms with Crippen molar-refractivity contribution < 1.29 is 22.7 Å². The molecule has 2 fully saturated rings. The van der Waals surface area contributed by atoms with Crippen LogP contribution in [0.3, 0.4) is 0 Å². The van der Waals surface area contributed by atoms with Gasteiger partial charge in [0.15, 0.2) is 0 Å². The first-order valence-corrected chi connectivity index (χ1v) is 11.9. The minimum absolute atomic E-state index is 0.156. The van der Waals surface area contributed by atoms with Crippen molar-refractivity contribution in [3.05, 3.63) is 59.7 Å². The largest absolute Gasteiger partial charge is 0.379 e.